The first-order valence-corrected chi connectivity index (χ1v) is 9.86. The van der Waals surface area contributed by atoms with Crippen LogP contribution in [0.25, 0.3) is 11.1 Å². The average molecular weight is 407 g/mol. The van der Waals surface area contributed by atoms with Crippen LogP contribution in [0.5, 0.6) is 0 Å². The number of guanidine groups is 1. The first-order valence-electron chi connectivity index (χ1n) is 8.67. The molecule has 2 aliphatic rings. The summed E-state index contributed by atoms with van der Waals surface area (Å²) < 4.78 is 0. The van der Waals surface area contributed by atoms with E-state index >= 15 is 0 Å². The van der Waals surface area contributed by atoms with Gasteiger partial charge in [0.1, 0.15) is 0 Å². The topological polar surface area (TPSA) is 71.6 Å². The molecule has 1 spiro atoms. The Bertz CT molecular complexity index is 1180. The molecule has 7 heteroatoms. The number of likely N-dealkylation sites (N-methyl/N-ethyl adjacent to an activating group) is 1. The molecule has 0 radical (unpaired) electrons. The normalized spacial score (nSPS) is 20.1. The van der Waals surface area contributed by atoms with Gasteiger partial charge in [0.05, 0.1) is 5.02 Å². The highest BCUT2D eigenvalue weighted by Crippen LogP contribution is 2.53. The molecule has 1 atom stereocenters. The van der Waals surface area contributed by atoms with E-state index in [-0.39, 0.29) is 11.9 Å². The molecule has 2 N–H and O–H groups in total. The quantitative estimate of drug-likeness (QED) is 0.665. The SMILES string of the molecule is CN1C(=O)C2(N=C1N)c1ccccc1Sc1ccc(-c3cncc(Cl)c3)cc12. The van der Waals surface area contributed by atoms with Gasteiger partial charge < -0.3 is 5.73 Å². The maximum Gasteiger partial charge on any atom is 0.266 e. The van der Waals surface area contributed by atoms with Crippen molar-refractivity contribution in [3.63, 3.8) is 0 Å². The zero-order chi connectivity index (χ0) is 19.5. The van der Waals surface area contributed by atoms with Crippen LogP contribution in [0.4, 0.5) is 0 Å². The minimum Gasteiger partial charge on any atom is -0.369 e. The van der Waals surface area contributed by atoms with Gasteiger partial charge in [-0.15, -0.1) is 0 Å². The zero-order valence-corrected chi connectivity index (χ0v) is 16.5. The molecular weight excluding hydrogens is 392 g/mol. The van der Waals surface area contributed by atoms with Crippen molar-refractivity contribution in [1.82, 2.24) is 9.88 Å². The molecule has 2 aromatic carbocycles. The molecule has 0 aliphatic carbocycles. The molecule has 5 nitrogen and oxygen atoms in total. The number of carbonyl (C=O) groups is 1. The van der Waals surface area contributed by atoms with Crippen molar-refractivity contribution in [3.8, 4) is 11.1 Å². The number of aromatic nitrogens is 1. The van der Waals surface area contributed by atoms with Crippen LogP contribution in [0.15, 0.2) is 75.7 Å². The highest BCUT2D eigenvalue weighted by Gasteiger charge is 2.53. The summed E-state index contributed by atoms with van der Waals surface area (Å²) in [6, 6.07) is 15.7. The van der Waals surface area contributed by atoms with E-state index < -0.39 is 5.54 Å². The summed E-state index contributed by atoms with van der Waals surface area (Å²) in [5.74, 6) is 0.0628. The monoisotopic (exact) mass is 406 g/mol. The minimum atomic E-state index is -1.17. The van der Waals surface area contributed by atoms with Gasteiger partial charge >= 0.3 is 0 Å². The average Bonchev–Trinajstić information content (AvgIpc) is 2.93. The molecule has 3 aromatic rings. The number of hydrogen-bond donors (Lipinski definition) is 1. The Morgan fingerprint density at radius 2 is 1.82 bits per heavy atom. The number of hydrogen-bond acceptors (Lipinski definition) is 5. The summed E-state index contributed by atoms with van der Waals surface area (Å²) >= 11 is 7.75. The fourth-order valence-electron chi connectivity index (χ4n) is 3.76. The molecule has 138 valence electrons. The lowest BCUT2D eigenvalue weighted by atomic mass is 9.81. The minimum absolute atomic E-state index is 0.152. The molecular formula is C21H15ClN4OS. The fourth-order valence-corrected chi connectivity index (χ4v) is 5.10. The molecule has 28 heavy (non-hydrogen) atoms. The van der Waals surface area contributed by atoms with Gasteiger partial charge in [0.2, 0.25) is 0 Å². The van der Waals surface area contributed by atoms with E-state index in [1.807, 2.05) is 48.5 Å². The van der Waals surface area contributed by atoms with Gasteiger partial charge in [0, 0.05) is 45.9 Å². The highest BCUT2D eigenvalue weighted by molar-refractivity contribution is 7.99. The Labute approximate surface area is 171 Å². The van der Waals surface area contributed by atoms with E-state index in [0.717, 1.165) is 32.0 Å². The number of benzene rings is 2. The Morgan fingerprint density at radius 1 is 1.04 bits per heavy atom. The van der Waals surface area contributed by atoms with E-state index in [0.29, 0.717) is 5.02 Å². The zero-order valence-electron chi connectivity index (χ0n) is 14.9. The highest BCUT2D eigenvalue weighted by atomic mass is 35.5. The maximum absolute atomic E-state index is 13.4. The summed E-state index contributed by atoms with van der Waals surface area (Å²) in [7, 11) is 1.66. The number of rotatable bonds is 1. The predicted molar refractivity (Wildman–Crippen MR) is 110 cm³/mol. The second-order valence-electron chi connectivity index (χ2n) is 6.75. The summed E-state index contributed by atoms with van der Waals surface area (Å²) in [6.07, 6.45) is 3.35. The van der Waals surface area contributed by atoms with Crippen molar-refractivity contribution in [1.29, 1.82) is 0 Å². The Morgan fingerprint density at radius 3 is 2.57 bits per heavy atom. The van der Waals surface area contributed by atoms with Crippen molar-refractivity contribution in [3.05, 3.63) is 77.1 Å². The van der Waals surface area contributed by atoms with Crippen LogP contribution >= 0.6 is 23.4 Å². The molecule has 1 unspecified atom stereocenters. The van der Waals surface area contributed by atoms with Crippen LogP contribution in [0.3, 0.4) is 0 Å². The molecule has 1 aromatic heterocycles. The summed E-state index contributed by atoms with van der Waals surface area (Å²) in [6.45, 7) is 0. The number of pyridine rings is 1. The number of carbonyl (C=O) groups excluding carboxylic acids is 1. The van der Waals surface area contributed by atoms with E-state index in [4.69, 9.17) is 22.3 Å². The van der Waals surface area contributed by atoms with Crippen molar-refractivity contribution in [2.75, 3.05) is 7.05 Å². The van der Waals surface area contributed by atoms with Crippen LogP contribution in [-0.4, -0.2) is 28.8 Å². The van der Waals surface area contributed by atoms with E-state index in [1.54, 1.807) is 31.2 Å². The molecule has 3 heterocycles. The summed E-state index contributed by atoms with van der Waals surface area (Å²) in [5, 5.41) is 0.559. The molecule has 0 saturated carbocycles. The Balaban J connectivity index is 1.79. The van der Waals surface area contributed by atoms with Gasteiger partial charge in [-0.3, -0.25) is 14.7 Å². The van der Waals surface area contributed by atoms with Crippen LogP contribution < -0.4 is 5.73 Å². The first-order chi connectivity index (χ1) is 13.5. The van der Waals surface area contributed by atoms with Crippen molar-refractivity contribution >= 4 is 35.2 Å². The smallest absolute Gasteiger partial charge is 0.266 e. The van der Waals surface area contributed by atoms with Gasteiger partial charge in [-0.1, -0.05) is 47.6 Å². The summed E-state index contributed by atoms with van der Waals surface area (Å²) in [5.41, 5.74) is 8.39. The third kappa shape index (κ3) is 2.31. The lowest BCUT2D eigenvalue weighted by Gasteiger charge is -2.33. The standard InChI is InChI=1S/C21H15ClN4OS/c1-26-19(27)21(25-20(26)23)15-4-2-3-5-17(15)28-18-7-6-12(9-16(18)21)13-8-14(22)11-24-10-13/h2-11H,1H3,(H2,23,25). The van der Waals surface area contributed by atoms with E-state index in [9.17, 15) is 4.79 Å². The maximum atomic E-state index is 13.4. The number of nitrogens with zero attached hydrogens (tertiary/aromatic N) is 3. The van der Waals surface area contributed by atoms with Gasteiger partial charge in [-0.25, -0.2) is 4.99 Å². The molecule has 0 bridgehead atoms. The van der Waals surface area contributed by atoms with Crippen molar-refractivity contribution in [2.24, 2.45) is 10.7 Å². The Hall–Kier alpha value is -2.83. The lowest BCUT2D eigenvalue weighted by molar-refractivity contribution is -0.129. The van der Waals surface area contributed by atoms with Gasteiger partial charge in [-0.05, 0) is 29.8 Å². The third-order valence-electron chi connectivity index (χ3n) is 5.14. The van der Waals surface area contributed by atoms with Crippen LogP contribution in [-0.2, 0) is 10.3 Å². The van der Waals surface area contributed by atoms with Crippen LogP contribution in [0, 0.1) is 0 Å². The van der Waals surface area contributed by atoms with Gasteiger partial charge in [0.25, 0.3) is 5.91 Å². The van der Waals surface area contributed by atoms with E-state index in [2.05, 4.69) is 4.98 Å². The second kappa shape index (κ2) is 6.09. The number of nitrogens with two attached hydrogens (primary N) is 1. The molecule has 0 fully saturated rings. The largest absolute Gasteiger partial charge is 0.369 e. The van der Waals surface area contributed by atoms with Crippen LogP contribution in [0.1, 0.15) is 11.1 Å². The number of amides is 1. The molecule has 1 amide bonds. The molecule has 0 saturated heterocycles. The summed E-state index contributed by atoms with van der Waals surface area (Å²) in [4.78, 5) is 25.7. The predicted octanol–water partition coefficient (Wildman–Crippen LogP) is 3.90. The number of fused-ring (bicyclic) bond motifs is 4. The Kier molecular flexibility index (Phi) is 3.76. The lowest BCUT2D eigenvalue weighted by Crippen LogP contribution is -2.42. The first kappa shape index (κ1) is 17.3. The molecule has 2 aliphatic heterocycles. The fraction of sp³-hybridized carbons (Fsp3) is 0.0952. The second-order valence-corrected chi connectivity index (χ2v) is 8.27. The van der Waals surface area contributed by atoms with Gasteiger partial charge in [-0.2, -0.15) is 0 Å². The van der Waals surface area contributed by atoms with Crippen molar-refractivity contribution in [2.45, 2.75) is 15.3 Å². The third-order valence-corrected chi connectivity index (χ3v) is 6.50. The number of halogens is 1. The number of aliphatic imine (C=N–C) groups is 1. The van der Waals surface area contributed by atoms with Gasteiger partial charge in [0.15, 0.2) is 11.5 Å². The van der Waals surface area contributed by atoms with Crippen LogP contribution in [0.2, 0.25) is 5.02 Å². The van der Waals surface area contributed by atoms with Crippen molar-refractivity contribution < 1.29 is 4.79 Å². The van der Waals surface area contributed by atoms with E-state index in [1.165, 1.54) is 4.90 Å². The molecule has 5 rings (SSSR count).